The van der Waals surface area contributed by atoms with Crippen LogP contribution in [0, 0.1) is 0 Å². The number of benzene rings is 6. The van der Waals surface area contributed by atoms with Crippen molar-refractivity contribution in [1.82, 2.24) is 9.55 Å². The van der Waals surface area contributed by atoms with Gasteiger partial charge in [-0.3, -0.25) is 4.98 Å². The highest BCUT2D eigenvalue weighted by Crippen LogP contribution is 2.51. The van der Waals surface area contributed by atoms with Crippen LogP contribution >= 0.6 is 0 Å². The standard InChI is InChI=1S/C38H26N2/c1-38(2)34-16-8-7-15-28(34)31-19-33-32-18-29-26-13-5-3-11-24(26)25-12-4-6-14-27(25)30(29)20-36(32)40(37(33)21-35(31)38)23-10-9-17-39-22-23/h3-22H,1-2H3. The summed E-state index contributed by atoms with van der Waals surface area (Å²) in [5.74, 6) is 0. The number of hydrogen-bond acceptors (Lipinski definition) is 1. The third-order valence-electron chi connectivity index (χ3n) is 9.24. The summed E-state index contributed by atoms with van der Waals surface area (Å²) in [7, 11) is 0. The van der Waals surface area contributed by atoms with Crippen LogP contribution in [0.4, 0.5) is 0 Å². The van der Waals surface area contributed by atoms with Gasteiger partial charge in [0.25, 0.3) is 0 Å². The Labute approximate surface area is 232 Å². The summed E-state index contributed by atoms with van der Waals surface area (Å²) in [5, 5.41) is 10.3. The molecule has 0 N–H and O–H groups in total. The fourth-order valence-electron chi connectivity index (χ4n) is 7.37. The van der Waals surface area contributed by atoms with Gasteiger partial charge in [0.1, 0.15) is 0 Å². The molecule has 188 valence electrons. The van der Waals surface area contributed by atoms with Crippen LogP contribution in [-0.2, 0) is 5.41 Å². The molecule has 0 saturated carbocycles. The van der Waals surface area contributed by atoms with E-state index in [0.717, 1.165) is 5.69 Å². The van der Waals surface area contributed by atoms with Crippen molar-refractivity contribution in [2.45, 2.75) is 19.3 Å². The Morgan fingerprint density at radius 3 is 1.80 bits per heavy atom. The molecule has 0 fully saturated rings. The topological polar surface area (TPSA) is 17.8 Å². The summed E-state index contributed by atoms with van der Waals surface area (Å²) in [6, 6.07) is 40.5. The molecule has 2 aromatic heterocycles. The van der Waals surface area contributed by atoms with E-state index in [1.807, 2.05) is 18.5 Å². The van der Waals surface area contributed by atoms with Crippen molar-refractivity contribution in [3.63, 3.8) is 0 Å². The monoisotopic (exact) mass is 510 g/mol. The molecular weight excluding hydrogens is 484 g/mol. The lowest BCUT2D eigenvalue weighted by Crippen LogP contribution is -2.14. The minimum atomic E-state index is -0.0620. The molecule has 6 aromatic carbocycles. The normalized spacial score (nSPS) is 13.9. The van der Waals surface area contributed by atoms with E-state index >= 15 is 0 Å². The van der Waals surface area contributed by atoms with Crippen LogP contribution in [0.15, 0.2) is 122 Å². The van der Waals surface area contributed by atoms with Crippen molar-refractivity contribution in [2.24, 2.45) is 0 Å². The molecule has 2 heterocycles. The molecular formula is C38H26N2. The maximum absolute atomic E-state index is 4.52. The van der Waals surface area contributed by atoms with Crippen molar-refractivity contribution in [3.05, 3.63) is 133 Å². The zero-order chi connectivity index (χ0) is 26.6. The van der Waals surface area contributed by atoms with E-state index in [9.17, 15) is 0 Å². The quantitative estimate of drug-likeness (QED) is 0.201. The minimum absolute atomic E-state index is 0.0620. The van der Waals surface area contributed by atoms with Gasteiger partial charge in [0.15, 0.2) is 0 Å². The molecule has 1 aliphatic carbocycles. The van der Waals surface area contributed by atoms with E-state index in [1.54, 1.807) is 0 Å². The summed E-state index contributed by atoms with van der Waals surface area (Å²) in [5.41, 5.74) is 8.95. The molecule has 2 heteroatoms. The van der Waals surface area contributed by atoms with Gasteiger partial charge in [-0.2, -0.15) is 0 Å². The third kappa shape index (κ3) is 2.70. The largest absolute Gasteiger partial charge is 0.308 e. The van der Waals surface area contributed by atoms with Crippen LogP contribution in [0.2, 0.25) is 0 Å². The molecule has 0 radical (unpaired) electrons. The van der Waals surface area contributed by atoms with Gasteiger partial charge < -0.3 is 4.57 Å². The second kappa shape index (κ2) is 7.58. The Bertz CT molecular complexity index is 2340. The maximum Gasteiger partial charge on any atom is 0.0645 e. The summed E-state index contributed by atoms with van der Waals surface area (Å²) in [4.78, 5) is 4.52. The molecule has 0 bridgehead atoms. The molecule has 0 amide bonds. The summed E-state index contributed by atoms with van der Waals surface area (Å²) in [6.07, 6.45) is 3.83. The molecule has 2 nitrogen and oxygen atoms in total. The minimum Gasteiger partial charge on any atom is -0.308 e. The highest BCUT2D eigenvalue weighted by molar-refractivity contribution is 6.29. The smallest absolute Gasteiger partial charge is 0.0645 e. The zero-order valence-corrected chi connectivity index (χ0v) is 22.4. The Kier molecular flexibility index (Phi) is 4.15. The Balaban J connectivity index is 1.52. The van der Waals surface area contributed by atoms with E-state index in [0.29, 0.717) is 0 Å². The molecule has 40 heavy (non-hydrogen) atoms. The van der Waals surface area contributed by atoms with Crippen LogP contribution in [0.5, 0.6) is 0 Å². The van der Waals surface area contributed by atoms with Crippen LogP contribution < -0.4 is 0 Å². The van der Waals surface area contributed by atoms with Gasteiger partial charge in [-0.05, 0) is 91.0 Å². The predicted molar refractivity (Wildman–Crippen MR) is 169 cm³/mol. The zero-order valence-electron chi connectivity index (χ0n) is 22.4. The summed E-state index contributed by atoms with van der Waals surface area (Å²) in [6.45, 7) is 4.71. The van der Waals surface area contributed by atoms with Gasteiger partial charge in [0.2, 0.25) is 0 Å². The molecule has 0 aliphatic heterocycles. The average Bonchev–Trinajstić information content (AvgIpc) is 3.44. The Hall–Kier alpha value is -4.95. The van der Waals surface area contributed by atoms with Gasteiger partial charge in [-0.1, -0.05) is 86.6 Å². The van der Waals surface area contributed by atoms with Crippen molar-refractivity contribution >= 4 is 54.1 Å². The highest BCUT2D eigenvalue weighted by atomic mass is 15.0. The van der Waals surface area contributed by atoms with Crippen LogP contribution in [0.25, 0.3) is 70.9 Å². The first kappa shape index (κ1) is 21.9. The van der Waals surface area contributed by atoms with E-state index in [-0.39, 0.29) is 5.41 Å². The first-order chi connectivity index (χ1) is 19.6. The fraction of sp³-hybridized carbons (Fsp3) is 0.0789. The van der Waals surface area contributed by atoms with Crippen LogP contribution in [0.1, 0.15) is 25.0 Å². The molecule has 0 unspecified atom stereocenters. The second-order valence-corrected chi connectivity index (χ2v) is 11.6. The predicted octanol–water partition coefficient (Wildman–Crippen LogP) is 9.94. The first-order valence-corrected chi connectivity index (χ1v) is 14.0. The average molecular weight is 511 g/mol. The summed E-state index contributed by atoms with van der Waals surface area (Å²) >= 11 is 0. The van der Waals surface area contributed by atoms with Crippen molar-refractivity contribution in [2.75, 3.05) is 0 Å². The van der Waals surface area contributed by atoms with E-state index in [4.69, 9.17) is 0 Å². The Morgan fingerprint density at radius 2 is 1.10 bits per heavy atom. The number of fused-ring (bicyclic) bond motifs is 12. The van der Waals surface area contributed by atoms with Crippen molar-refractivity contribution in [3.8, 4) is 16.8 Å². The van der Waals surface area contributed by atoms with Crippen LogP contribution in [-0.4, -0.2) is 9.55 Å². The maximum atomic E-state index is 4.52. The van der Waals surface area contributed by atoms with E-state index < -0.39 is 0 Å². The van der Waals surface area contributed by atoms with Crippen molar-refractivity contribution in [1.29, 1.82) is 0 Å². The third-order valence-corrected chi connectivity index (χ3v) is 9.24. The molecule has 9 rings (SSSR count). The lowest BCUT2D eigenvalue weighted by Gasteiger charge is -2.21. The molecule has 0 saturated heterocycles. The number of rotatable bonds is 1. The van der Waals surface area contributed by atoms with Gasteiger partial charge in [-0.25, -0.2) is 0 Å². The van der Waals surface area contributed by atoms with Gasteiger partial charge in [0, 0.05) is 22.4 Å². The highest BCUT2D eigenvalue weighted by Gasteiger charge is 2.36. The van der Waals surface area contributed by atoms with Crippen LogP contribution in [0.3, 0.4) is 0 Å². The molecule has 1 aliphatic rings. The Morgan fingerprint density at radius 1 is 0.500 bits per heavy atom. The fourth-order valence-corrected chi connectivity index (χ4v) is 7.37. The number of aromatic nitrogens is 2. The number of pyridine rings is 1. The second-order valence-electron chi connectivity index (χ2n) is 11.6. The van der Waals surface area contributed by atoms with Gasteiger partial charge in [-0.15, -0.1) is 0 Å². The SMILES string of the molecule is CC1(C)c2ccccc2-c2cc3c4cc5c6ccccc6c6ccccc6c5cc4n(-c4cccnc4)c3cc21. The molecule has 0 atom stereocenters. The lowest BCUT2D eigenvalue weighted by atomic mass is 9.82. The number of nitrogens with zero attached hydrogens (tertiary/aromatic N) is 2. The molecule has 0 spiro atoms. The van der Waals surface area contributed by atoms with Gasteiger partial charge in [0.05, 0.1) is 22.9 Å². The van der Waals surface area contributed by atoms with E-state index in [1.165, 1.54) is 76.4 Å². The van der Waals surface area contributed by atoms with E-state index in [2.05, 4.69) is 127 Å². The summed E-state index contributed by atoms with van der Waals surface area (Å²) < 4.78 is 2.42. The van der Waals surface area contributed by atoms with Crippen molar-refractivity contribution < 1.29 is 0 Å². The molecule has 8 aromatic rings. The number of hydrogen-bond donors (Lipinski definition) is 0. The van der Waals surface area contributed by atoms with Gasteiger partial charge >= 0.3 is 0 Å². The lowest BCUT2D eigenvalue weighted by molar-refractivity contribution is 0.661. The first-order valence-electron chi connectivity index (χ1n) is 14.0.